The molecule has 0 heterocycles. The van der Waals surface area contributed by atoms with Gasteiger partial charge in [0.1, 0.15) is 17.0 Å². The van der Waals surface area contributed by atoms with Gasteiger partial charge >= 0.3 is 6.09 Å². The lowest BCUT2D eigenvalue weighted by molar-refractivity contribution is -0.124. The maximum Gasteiger partial charge on any atom is 0.408 e. The highest BCUT2D eigenvalue weighted by Gasteiger charge is 2.54. The van der Waals surface area contributed by atoms with Crippen molar-refractivity contribution in [3.63, 3.8) is 0 Å². The Bertz CT molecular complexity index is 664. The molecule has 24 heavy (non-hydrogen) atoms. The van der Waals surface area contributed by atoms with Crippen LogP contribution in [0.15, 0.2) is 24.3 Å². The Labute approximate surface area is 141 Å². The van der Waals surface area contributed by atoms with Crippen molar-refractivity contribution >= 4 is 12.0 Å². The van der Waals surface area contributed by atoms with Crippen molar-refractivity contribution < 1.29 is 18.7 Å². The highest BCUT2D eigenvalue weighted by atomic mass is 19.1. The third-order valence-electron chi connectivity index (χ3n) is 4.31. The maximum atomic E-state index is 13.3. The molecule has 0 bridgehead atoms. The van der Waals surface area contributed by atoms with Crippen LogP contribution in [-0.2, 0) is 9.53 Å². The Hall–Kier alpha value is -2.11. The van der Waals surface area contributed by atoms with Crippen LogP contribution in [-0.4, -0.2) is 29.2 Å². The second-order valence-corrected chi connectivity index (χ2v) is 7.69. The van der Waals surface area contributed by atoms with Crippen LogP contribution in [0.4, 0.5) is 9.18 Å². The first-order valence-corrected chi connectivity index (χ1v) is 8.26. The van der Waals surface area contributed by atoms with Gasteiger partial charge in [0.05, 0.1) is 0 Å². The Morgan fingerprint density at radius 3 is 2.58 bits per heavy atom. The quantitative estimate of drug-likeness (QED) is 0.890. The van der Waals surface area contributed by atoms with Gasteiger partial charge in [-0.1, -0.05) is 12.1 Å². The van der Waals surface area contributed by atoms with Crippen LogP contribution >= 0.6 is 0 Å². The molecule has 2 fully saturated rings. The predicted octanol–water partition coefficient (Wildman–Crippen LogP) is 2.86. The van der Waals surface area contributed by atoms with Gasteiger partial charge in [-0.3, -0.25) is 4.79 Å². The van der Waals surface area contributed by atoms with Crippen LogP contribution in [0.2, 0.25) is 0 Å². The smallest absolute Gasteiger partial charge is 0.408 e. The van der Waals surface area contributed by atoms with Crippen LogP contribution < -0.4 is 10.6 Å². The van der Waals surface area contributed by atoms with E-state index in [0.29, 0.717) is 12.8 Å². The number of alkyl carbamates (subject to hydrolysis) is 1. The lowest BCUT2D eigenvalue weighted by Crippen LogP contribution is -2.50. The van der Waals surface area contributed by atoms with Gasteiger partial charge in [0.15, 0.2) is 0 Å². The molecular weight excluding hydrogens is 311 g/mol. The molecule has 5 nitrogen and oxygen atoms in total. The topological polar surface area (TPSA) is 67.4 Å². The van der Waals surface area contributed by atoms with E-state index in [-0.39, 0.29) is 23.7 Å². The molecule has 0 aliphatic heterocycles. The van der Waals surface area contributed by atoms with Crippen LogP contribution in [0, 0.1) is 5.82 Å². The fraction of sp³-hybridized carbons (Fsp3) is 0.556. The van der Waals surface area contributed by atoms with E-state index in [1.165, 1.54) is 12.1 Å². The molecule has 0 aromatic heterocycles. The number of halogens is 1. The Morgan fingerprint density at radius 2 is 2.00 bits per heavy atom. The summed E-state index contributed by atoms with van der Waals surface area (Å²) in [5.41, 5.74) is -0.558. The molecule has 0 radical (unpaired) electrons. The van der Waals surface area contributed by atoms with Crippen molar-refractivity contribution in [1.29, 1.82) is 0 Å². The molecule has 2 saturated carbocycles. The molecule has 2 atom stereocenters. The monoisotopic (exact) mass is 334 g/mol. The molecule has 1 aromatic carbocycles. The van der Waals surface area contributed by atoms with E-state index in [9.17, 15) is 14.0 Å². The standard InChI is InChI=1S/C18H23FN2O3/c1-17(2,3)24-16(23)21-18(7-8-18)15(22)20-14-10-13(14)11-5-4-6-12(19)9-11/h4-6,9,13-14H,7-8,10H2,1-3H3,(H,20,22)(H,21,23). The van der Waals surface area contributed by atoms with Crippen molar-refractivity contribution in [3.05, 3.63) is 35.6 Å². The SMILES string of the molecule is CC(C)(C)OC(=O)NC1(C(=O)NC2CC2c2cccc(F)c2)CC1. The van der Waals surface area contributed by atoms with E-state index in [1.54, 1.807) is 26.8 Å². The largest absolute Gasteiger partial charge is 0.444 e. The summed E-state index contributed by atoms with van der Waals surface area (Å²) in [6, 6.07) is 6.45. The zero-order valence-electron chi connectivity index (χ0n) is 14.2. The molecule has 2 unspecified atom stereocenters. The first-order valence-electron chi connectivity index (χ1n) is 8.26. The lowest BCUT2D eigenvalue weighted by atomic mass is 10.1. The Morgan fingerprint density at radius 1 is 1.29 bits per heavy atom. The third-order valence-corrected chi connectivity index (χ3v) is 4.31. The number of ether oxygens (including phenoxy) is 1. The van der Waals surface area contributed by atoms with Gasteiger partial charge in [0.25, 0.3) is 0 Å². The first-order chi connectivity index (χ1) is 11.2. The number of carbonyl (C=O) groups is 2. The molecule has 6 heteroatoms. The fourth-order valence-corrected chi connectivity index (χ4v) is 2.80. The van der Waals surface area contributed by atoms with Crippen molar-refractivity contribution in [3.8, 4) is 0 Å². The minimum atomic E-state index is -0.850. The molecule has 2 aliphatic rings. The van der Waals surface area contributed by atoms with E-state index in [0.717, 1.165) is 12.0 Å². The van der Waals surface area contributed by atoms with Crippen molar-refractivity contribution in [2.75, 3.05) is 0 Å². The van der Waals surface area contributed by atoms with Crippen LogP contribution in [0.1, 0.15) is 51.5 Å². The minimum Gasteiger partial charge on any atom is -0.444 e. The van der Waals surface area contributed by atoms with Crippen LogP contribution in [0.25, 0.3) is 0 Å². The fourth-order valence-electron chi connectivity index (χ4n) is 2.80. The highest BCUT2D eigenvalue weighted by Crippen LogP contribution is 2.43. The van der Waals surface area contributed by atoms with Gasteiger partial charge in [-0.25, -0.2) is 9.18 Å². The second-order valence-electron chi connectivity index (χ2n) is 7.69. The highest BCUT2D eigenvalue weighted by molar-refractivity contribution is 5.93. The molecule has 130 valence electrons. The summed E-state index contributed by atoms with van der Waals surface area (Å²) in [6.45, 7) is 5.33. The summed E-state index contributed by atoms with van der Waals surface area (Å²) in [4.78, 5) is 24.4. The maximum absolute atomic E-state index is 13.3. The number of hydrogen-bond donors (Lipinski definition) is 2. The number of amides is 2. The lowest BCUT2D eigenvalue weighted by Gasteiger charge is -2.23. The van der Waals surface area contributed by atoms with Gasteiger partial charge in [-0.05, 0) is 57.7 Å². The average Bonchev–Trinajstić information content (AvgIpc) is 3.33. The van der Waals surface area contributed by atoms with E-state index in [1.807, 2.05) is 6.07 Å². The predicted molar refractivity (Wildman–Crippen MR) is 87.0 cm³/mol. The van der Waals surface area contributed by atoms with Crippen LogP contribution in [0.3, 0.4) is 0 Å². The Balaban J connectivity index is 1.53. The van der Waals surface area contributed by atoms with Crippen molar-refractivity contribution in [2.45, 2.75) is 63.1 Å². The zero-order valence-corrected chi connectivity index (χ0v) is 14.2. The van der Waals surface area contributed by atoms with Gasteiger partial charge < -0.3 is 15.4 Å². The van der Waals surface area contributed by atoms with Gasteiger partial charge in [0, 0.05) is 12.0 Å². The summed E-state index contributed by atoms with van der Waals surface area (Å²) in [7, 11) is 0. The molecular formula is C18H23FN2O3. The zero-order chi connectivity index (χ0) is 17.5. The first kappa shape index (κ1) is 16.7. The number of benzene rings is 1. The molecule has 0 spiro atoms. The van der Waals surface area contributed by atoms with E-state index >= 15 is 0 Å². The number of carbonyl (C=O) groups excluding carboxylic acids is 2. The normalized spacial score (nSPS) is 24.0. The summed E-state index contributed by atoms with van der Waals surface area (Å²) >= 11 is 0. The summed E-state index contributed by atoms with van der Waals surface area (Å²) in [5, 5.41) is 5.65. The molecule has 2 N–H and O–H groups in total. The molecule has 1 aromatic rings. The number of hydrogen-bond acceptors (Lipinski definition) is 3. The molecule has 0 saturated heterocycles. The van der Waals surface area contributed by atoms with E-state index < -0.39 is 17.2 Å². The summed E-state index contributed by atoms with van der Waals surface area (Å²) in [6.07, 6.45) is 1.43. The average molecular weight is 334 g/mol. The van der Waals surface area contributed by atoms with E-state index in [4.69, 9.17) is 4.74 Å². The Kier molecular flexibility index (Phi) is 4.01. The van der Waals surface area contributed by atoms with Crippen LogP contribution in [0.5, 0.6) is 0 Å². The van der Waals surface area contributed by atoms with Crippen molar-refractivity contribution in [2.24, 2.45) is 0 Å². The summed E-state index contributed by atoms with van der Waals surface area (Å²) in [5.74, 6) is -0.311. The minimum absolute atomic E-state index is 0.00258. The summed E-state index contributed by atoms with van der Waals surface area (Å²) < 4.78 is 18.5. The molecule has 2 amide bonds. The third kappa shape index (κ3) is 3.86. The number of rotatable bonds is 4. The van der Waals surface area contributed by atoms with E-state index in [2.05, 4.69) is 10.6 Å². The van der Waals surface area contributed by atoms with Gasteiger partial charge in [0.2, 0.25) is 5.91 Å². The van der Waals surface area contributed by atoms with Gasteiger partial charge in [-0.2, -0.15) is 0 Å². The number of nitrogens with one attached hydrogen (secondary N) is 2. The van der Waals surface area contributed by atoms with Crippen molar-refractivity contribution in [1.82, 2.24) is 10.6 Å². The second kappa shape index (κ2) is 5.76. The molecule has 2 aliphatic carbocycles. The van der Waals surface area contributed by atoms with Gasteiger partial charge in [-0.15, -0.1) is 0 Å². The molecule has 3 rings (SSSR count).